The molecule has 0 fully saturated rings. The molecule has 1 aromatic rings. The highest BCUT2D eigenvalue weighted by atomic mass is 15.1. The summed E-state index contributed by atoms with van der Waals surface area (Å²) in [6.45, 7) is 7.54. The zero-order valence-electron chi connectivity index (χ0n) is 10.6. The van der Waals surface area contributed by atoms with Gasteiger partial charge in [-0.05, 0) is 32.6 Å². The van der Waals surface area contributed by atoms with Crippen LogP contribution in [0.4, 0.5) is 0 Å². The van der Waals surface area contributed by atoms with E-state index in [1.165, 1.54) is 5.69 Å². The highest BCUT2D eigenvalue weighted by Crippen LogP contribution is 1.99. The minimum Gasteiger partial charge on any atom is -0.315 e. The van der Waals surface area contributed by atoms with Gasteiger partial charge in [0, 0.05) is 37.4 Å². The van der Waals surface area contributed by atoms with Crippen LogP contribution < -0.4 is 5.32 Å². The number of aromatic nitrogens is 1. The molecular weight excluding hydrogens is 198 g/mol. The van der Waals surface area contributed by atoms with Crippen molar-refractivity contribution < 1.29 is 0 Å². The van der Waals surface area contributed by atoms with E-state index in [0.29, 0.717) is 6.04 Å². The molecule has 0 radical (unpaired) electrons. The third-order valence-corrected chi connectivity index (χ3v) is 2.89. The second kappa shape index (κ2) is 7.36. The summed E-state index contributed by atoms with van der Waals surface area (Å²) in [5, 5.41) is 3.37. The zero-order valence-corrected chi connectivity index (χ0v) is 10.6. The Morgan fingerprint density at radius 2 is 2.25 bits per heavy atom. The Bertz CT molecular complexity index is 274. The molecule has 0 aromatic carbocycles. The van der Waals surface area contributed by atoms with Gasteiger partial charge in [-0.3, -0.25) is 4.98 Å². The lowest BCUT2D eigenvalue weighted by atomic mass is 10.2. The summed E-state index contributed by atoms with van der Waals surface area (Å²) in [7, 11) is 2.17. The Labute approximate surface area is 98.9 Å². The Hall–Kier alpha value is -0.930. The van der Waals surface area contributed by atoms with Crippen LogP contribution in [0.2, 0.25) is 0 Å². The monoisotopic (exact) mass is 221 g/mol. The lowest BCUT2D eigenvalue weighted by molar-refractivity contribution is 0.254. The van der Waals surface area contributed by atoms with E-state index in [9.17, 15) is 0 Å². The standard InChI is InChI=1S/C13H23N3/c1-4-14-11-12(2)16(3)10-8-13-7-5-6-9-15-13/h5-7,9,12,14H,4,8,10-11H2,1-3H3. The average molecular weight is 221 g/mol. The molecule has 3 nitrogen and oxygen atoms in total. The molecule has 1 heterocycles. The van der Waals surface area contributed by atoms with Gasteiger partial charge in [0.25, 0.3) is 0 Å². The molecule has 0 saturated carbocycles. The zero-order chi connectivity index (χ0) is 11.8. The van der Waals surface area contributed by atoms with Gasteiger partial charge in [-0.25, -0.2) is 0 Å². The summed E-state index contributed by atoms with van der Waals surface area (Å²) in [4.78, 5) is 6.70. The van der Waals surface area contributed by atoms with Crippen LogP contribution in [0.15, 0.2) is 24.4 Å². The normalized spacial score (nSPS) is 13.0. The van der Waals surface area contributed by atoms with Gasteiger partial charge >= 0.3 is 0 Å². The summed E-state index contributed by atoms with van der Waals surface area (Å²) >= 11 is 0. The van der Waals surface area contributed by atoms with E-state index < -0.39 is 0 Å². The molecule has 1 aromatic heterocycles. The van der Waals surface area contributed by atoms with Crippen LogP contribution in [0.25, 0.3) is 0 Å². The smallest absolute Gasteiger partial charge is 0.0416 e. The lowest BCUT2D eigenvalue weighted by Crippen LogP contribution is -2.38. The number of nitrogens with one attached hydrogen (secondary N) is 1. The van der Waals surface area contributed by atoms with E-state index in [1.807, 2.05) is 18.3 Å². The predicted molar refractivity (Wildman–Crippen MR) is 68.6 cm³/mol. The van der Waals surface area contributed by atoms with Crippen molar-refractivity contribution >= 4 is 0 Å². The van der Waals surface area contributed by atoms with Gasteiger partial charge in [0.15, 0.2) is 0 Å². The molecule has 90 valence electrons. The van der Waals surface area contributed by atoms with Crippen LogP contribution in [-0.2, 0) is 6.42 Å². The SMILES string of the molecule is CCNCC(C)N(C)CCc1ccccn1. The third kappa shape index (κ3) is 4.73. The highest BCUT2D eigenvalue weighted by molar-refractivity contribution is 5.03. The van der Waals surface area contributed by atoms with E-state index in [2.05, 4.69) is 42.2 Å². The van der Waals surface area contributed by atoms with Crippen LogP contribution in [0, 0.1) is 0 Å². The van der Waals surface area contributed by atoms with E-state index >= 15 is 0 Å². The number of rotatable bonds is 7. The first-order chi connectivity index (χ1) is 7.74. The summed E-state index contributed by atoms with van der Waals surface area (Å²) in [5.41, 5.74) is 1.17. The van der Waals surface area contributed by atoms with Crippen molar-refractivity contribution in [3.05, 3.63) is 30.1 Å². The van der Waals surface area contributed by atoms with Gasteiger partial charge in [0.2, 0.25) is 0 Å². The summed E-state index contributed by atoms with van der Waals surface area (Å²) in [6.07, 6.45) is 2.88. The second-order valence-electron chi connectivity index (χ2n) is 4.21. The van der Waals surface area contributed by atoms with Gasteiger partial charge in [0.1, 0.15) is 0 Å². The van der Waals surface area contributed by atoms with Crippen molar-refractivity contribution in [2.24, 2.45) is 0 Å². The van der Waals surface area contributed by atoms with Gasteiger partial charge in [-0.2, -0.15) is 0 Å². The first kappa shape index (κ1) is 13.1. The van der Waals surface area contributed by atoms with Crippen molar-refractivity contribution in [1.29, 1.82) is 0 Å². The molecule has 0 aliphatic rings. The fraction of sp³-hybridized carbons (Fsp3) is 0.615. The van der Waals surface area contributed by atoms with E-state index in [-0.39, 0.29) is 0 Å². The number of hydrogen-bond donors (Lipinski definition) is 1. The maximum atomic E-state index is 4.33. The Morgan fingerprint density at radius 3 is 2.88 bits per heavy atom. The lowest BCUT2D eigenvalue weighted by Gasteiger charge is -2.24. The van der Waals surface area contributed by atoms with Crippen LogP contribution in [0.5, 0.6) is 0 Å². The van der Waals surface area contributed by atoms with Crippen LogP contribution in [-0.4, -0.2) is 42.6 Å². The van der Waals surface area contributed by atoms with Gasteiger partial charge < -0.3 is 10.2 Å². The largest absolute Gasteiger partial charge is 0.315 e. The molecule has 1 atom stereocenters. The van der Waals surface area contributed by atoms with Crippen molar-refractivity contribution in [1.82, 2.24) is 15.2 Å². The fourth-order valence-corrected chi connectivity index (χ4v) is 1.57. The molecule has 0 aliphatic heterocycles. The van der Waals surface area contributed by atoms with Crippen molar-refractivity contribution in [3.63, 3.8) is 0 Å². The summed E-state index contributed by atoms with van der Waals surface area (Å²) < 4.78 is 0. The molecular formula is C13H23N3. The quantitative estimate of drug-likeness (QED) is 0.757. The summed E-state index contributed by atoms with van der Waals surface area (Å²) in [6, 6.07) is 6.66. The Morgan fingerprint density at radius 1 is 1.44 bits per heavy atom. The van der Waals surface area contributed by atoms with Crippen LogP contribution in [0.1, 0.15) is 19.5 Å². The number of hydrogen-bond acceptors (Lipinski definition) is 3. The first-order valence-corrected chi connectivity index (χ1v) is 6.05. The molecule has 1 N–H and O–H groups in total. The van der Waals surface area contributed by atoms with E-state index in [0.717, 1.165) is 26.1 Å². The first-order valence-electron chi connectivity index (χ1n) is 6.05. The van der Waals surface area contributed by atoms with Gasteiger partial charge in [-0.15, -0.1) is 0 Å². The Kier molecular flexibility index (Phi) is 6.04. The van der Waals surface area contributed by atoms with Gasteiger partial charge in [-0.1, -0.05) is 13.0 Å². The van der Waals surface area contributed by atoms with E-state index in [1.54, 1.807) is 0 Å². The number of pyridine rings is 1. The molecule has 1 unspecified atom stereocenters. The second-order valence-corrected chi connectivity index (χ2v) is 4.21. The predicted octanol–water partition coefficient (Wildman–Crippen LogP) is 1.55. The Balaban J connectivity index is 2.26. The summed E-state index contributed by atoms with van der Waals surface area (Å²) in [5.74, 6) is 0. The molecule has 0 amide bonds. The maximum absolute atomic E-state index is 4.33. The molecule has 3 heteroatoms. The van der Waals surface area contributed by atoms with E-state index in [4.69, 9.17) is 0 Å². The van der Waals surface area contributed by atoms with Crippen LogP contribution in [0.3, 0.4) is 0 Å². The molecule has 0 bridgehead atoms. The molecule has 0 aliphatic carbocycles. The van der Waals surface area contributed by atoms with Crippen molar-refractivity contribution in [3.8, 4) is 0 Å². The number of likely N-dealkylation sites (N-methyl/N-ethyl adjacent to an activating group) is 2. The van der Waals surface area contributed by atoms with Crippen molar-refractivity contribution in [2.75, 3.05) is 26.7 Å². The highest BCUT2D eigenvalue weighted by Gasteiger charge is 2.08. The van der Waals surface area contributed by atoms with Crippen LogP contribution >= 0.6 is 0 Å². The molecule has 0 spiro atoms. The van der Waals surface area contributed by atoms with Crippen molar-refractivity contribution in [2.45, 2.75) is 26.3 Å². The molecule has 1 rings (SSSR count). The average Bonchev–Trinajstić information content (AvgIpc) is 2.34. The third-order valence-electron chi connectivity index (χ3n) is 2.89. The van der Waals surface area contributed by atoms with Gasteiger partial charge in [0.05, 0.1) is 0 Å². The topological polar surface area (TPSA) is 28.2 Å². The molecule has 16 heavy (non-hydrogen) atoms. The molecule has 0 saturated heterocycles. The minimum absolute atomic E-state index is 0.573. The maximum Gasteiger partial charge on any atom is 0.0416 e. The fourth-order valence-electron chi connectivity index (χ4n) is 1.57. The minimum atomic E-state index is 0.573. The number of nitrogens with zero attached hydrogens (tertiary/aromatic N) is 2.